The molecule has 1 heterocycles. The standard InChI is InChI=1S/C8H6Cl2N6O/c9-5-1-4(2-6(10)7(5)17)3-12-16-8(11)13-14-15-16/h1-3,17H,(H2,11,13,15)/b12-3-. The minimum atomic E-state index is -0.174. The van der Waals surface area contributed by atoms with Gasteiger partial charge in [0, 0.05) is 0 Å². The van der Waals surface area contributed by atoms with Gasteiger partial charge in [-0.1, -0.05) is 33.1 Å². The molecule has 0 saturated heterocycles. The number of tetrazole rings is 1. The molecule has 0 saturated carbocycles. The van der Waals surface area contributed by atoms with E-state index in [1.54, 1.807) is 0 Å². The van der Waals surface area contributed by atoms with Crippen LogP contribution in [0.25, 0.3) is 0 Å². The Morgan fingerprint density at radius 1 is 1.35 bits per heavy atom. The highest BCUT2D eigenvalue weighted by molar-refractivity contribution is 6.37. The van der Waals surface area contributed by atoms with Crippen LogP contribution in [-0.4, -0.2) is 31.6 Å². The average Bonchev–Trinajstić information content (AvgIpc) is 2.69. The first kappa shape index (κ1) is 11.6. The van der Waals surface area contributed by atoms with Crippen LogP contribution in [-0.2, 0) is 0 Å². The van der Waals surface area contributed by atoms with Crippen LogP contribution in [0, 0.1) is 0 Å². The number of halogens is 2. The minimum Gasteiger partial charge on any atom is -0.505 e. The van der Waals surface area contributed by atoms with Crippen LogP contribution in [0.15, 0.2) is 17.2 Å². The number of hydrogen-bond acceptors (Lipinski definition) is 6. The third-order valence-electron chi connectivity index (χ3n) is 1.83. The van der Waals surface area contributed by atoms with E-state index in [0.29, 0.717) is 5.56 Å². The van der Waals surface area contributed by atoms with Crippen molar-refractivity contribution in [1.29, 1.82) is 0 Å². The number of nitrogens with two attached hydrogens (primary N) is 1. The molecule has 0 aliphatic rings. The van der Waals surface area contributed by atoms with E-state index in [4.69, 9.17) is 28.9 Å². The number of nitrogen functional groups attached to an aromatic ring is 1. The number of rotatable bonds is 2. The molecule has 0 amide bonds. The van der Waals surface area contributed by atoms with E-state index in [9.17, 15) is 5.11 Å². The van der Waals surface area contributed by atoms with Crippen LogP contribution in [0.3, 0.4) is 0 Å². The van der Waals surface area contributed by atoms with E-state index >= 15 is 0 Å². The fourth-order valence-corrected chi connectivity index (χ4v) is 1.56. The van der Waals surface area contributed by atoms with Crippen molar-refractivity contribution in [3.63, 3.8) is 0 Å². The Bertz CT molecular complexity index is 558. The highest BCUT2D eigenvalue weighted by Crippen LogP contribution is 2.32. The van der Waals surface area contributed by atoms with Gasteiger partial charge < -0.3 is 10.8 Å². The Balaban J connectivity index is 2.31. The smallest absolute Gasteiger partial charge is 0.263 e. The Labute approximate surface area is 105 Å². The first-order valence-corrected chi connectivity index (χ1v) is 5.09. The zero-order valence-corrected chi connectivity index (χ0v) is 9.76. The fraction of sp³-hybridized carbons (Fsp3) is 0. The Morgan fingerprint density at radius 3 is 2.53 bits per heavy atom. The minimum absolute atomic E-state index is 0.0530. The fourth-order valence-electron chi connectivity index (χ4n) is 1.05. The van der Waals surface area contributed by atoms with Gasteiger partial charge in [0.05, 0.1) is 16.3 Å². The second-order valence-corrected chi connectivity index (χ2v) is 3.82. The molecule has 2 aromatic rings. The number of anilines is 1. The summed E-state index contributed by atoms with van der Waals surface area (Å²) in [6, 6.07) is 2.99. The maximum Gasteiger partial charge on any atom is 0.263 e. The van der Waals surface area contributed by atoms with Gasteiger partial charge in [0.2, 0.25) is 0 Å². The van der Waals surface area contributed by atoms with Crippen LogP contribution in [0.2, 0.25) is 10.0 Å². The van der Waals surface area contributed by atoms with E-state index in [0.717, 1.165) is 4.79 Å². The largest absolute Gasteiger partial charge is 0.505 e. The van der Waals surface area contributed by atoms with E-state index in [-0.39, 0.29) is 21.7 Å². The van der Waals surface area contributed by atoms with Crippen LogP contribution < -0.4 is 5.73 Å². The van der Waals surface area contributed by atoms with Crippen molar-refractivity contribution in [2.45, 2.75) is 0 Å². The van der Waals surface area contributed by atoms with Crippen molar-refractivity contribution in [2.24, 2.45) is 5.10 Å². The van der Waals surface area contributed by atoms with E-state index in [1.165, 1.54) is 18.3 Å². The Morgan fingerprint density at radius 2 is 2.00 bits per heavy atom. The number of phenolic OH excluding ortho intramolecular Hbond substituents is 1. The molecule has 0 atom stereocenters. The van der Waals surface area contributed by atoms with Gasteiger partial charge >= 0.3 is 0 Å². The van der Waals surface area contributed by atoms with E-state index in [1.807, 2.05) is 0 Å². The maximum absolute atomic E-state index is 9.36. The molecule has 0 fully saturated rings. The summed E-state index contributed by atoms with van der Waals surface area (Å²) in [4.78, 5) is 1.04. The lowest BCUT2D eigenvalue weighted by Gasteiger charge is -2.00. The third kappa shape index (κ3) is 2.45. The topological polar surface area (TPSA) is 102 Å². The molecule has 9 heteroatoms. The molecule has 0 aliphatic heterocycles. The first-order valence-electron chi connectivity index (χ1n) is 4.34. The summed E-state index contributed by atoms with van der Waals surface area (Å²) in [7, 11) is 0. The zero-order valence-electron chi connectivity index (χ0n) is 8.25. The summed E-state index contributed by atoms with van der Waals surface area (Å²) < 4.78 is 0. The number of phenols is 1. The lowest BCUT2D eigenvalue weighted by Crippen LogP contribution is -1.99. The van der Waals surface area contributed by atoms with Crippen LogP contribution in [0.4, 0.5) is 5.95 Å². The Kier molecular flexibility index (Phi) is 3.12. The second kappa shape index (κ2) is 4.56. The van der Waals surface area contributed by atoms with Gasteiger partial charge in [-0.25, -0.2) is 0 Å². The monoisotopic (exact) mass is 272 g/mol. The van der Waals surface area contributed by atoms with Crippen molar-refractivity contribution in [1.82, 2.24) is 20.3 Å². The predicted octanol–water partition coefficient (Wildman–Crippen LogP) is 1.15. The second-order valence-electron chi connectivity index (χ2n) is 3.00. The molecule has 88 valence electrons. The molecule has 0 unspecified atom stereocenters. The molecule has 17 heavy (non-hydrogen) atoms. The van der Waals surface area contributed by atoms with Gasteiger partial charge in [0.15, 0.2) is 5.75 Å². The molecule has 1 aromatic carbocycles. The number of hydrogen-bond donors (Lipinski definition) is 2. The molecule has 3 N–H and O–H groups in total. The lowest BCUT2D eigenvalue weighted by molar-refractivity contribution is 0.476. The molecule has 1 aromatic heterocycles. The van der Waals surface area contributed by atoms with E-state index < -0.39 is 0 Å². The number of benzene rings is 1. The van der Waals surface area contributed by atoms with Crippen molar-refractivity contribution >= 4 is 35.4 Å². The summed E-state index contributed by atoms with van der Waals surface area (Å²) in [5.41, 5.74) is 5.99. The summed E-state index contributed by atoms with van der Waals surface area (Å²) >= 11 is 11.5. The maximum atomic E-state index is 9.36. The average molecular weight is 273 g/mol. The molecule has 0 bridgehead atoms. The zero-order chi connectivity index (χ0) is 12.4. The first-order chi connectivity index (χ1) is 8.08. The van der Waals surface area contributed by atoms with Crippen molar-refractivity contribution in [3.8, 4) is 5.75 Å². The Hall–Kier alpha value is -1.86. The molecule has 0 radical (unpaired) electrons. The van der Waals surface area contributed by atoms with Crippen molar-refractivity contribution in [2.75, 3.05) is 5.73 Å². The molecule has 0 aliphatic carbocycles. The van der Waals surface area contributed by atoms with Crippen LogP contribution in [0.1, 0.15) is 5.56 Å². The van der Waals surface area contributed by atoms with Gasteiger partial charge in [-0.15, -0.1) is 0 Å². The molecular weight excluding hydrogens is 267 g/mol. The highest BCUT2D eigenvalue weighted by Gasteiger charge is 2.05. The van der Waals surface area contributed by atoms with Gasteiger partial charge in [-0.05, 0) is 28.1 Å². The van der Waals surface area contributed by atoms with Gasteiger partial charge in [0.1, 0.15) is 0 Å². The van der Waals surface area contributed by atoms with E-state index in [2.05, 4.69) is 20.6 Å². The van der Waals surface area contributed by atoms with Gasteiger partial charge in [-0.3, -0.25) is 0 Å². The third-order valence-corrected chi connectivity index (χ3v) is 2.41. The SMILES string of the molecule is Nc1nnnn1/N=C\c1cc(Cl)c(O)c(Cl)c1. The predicted molar refractivity (Wildman–Crippen MR) is 63.3 cm³/mol. The highest BCUT2D eigenvalue weighted by atomic mass is 35.5. The van der Waals surface area contributed by atoms with Crippen molar-refractivity contribution < 1.29 is 5.11 Å². The number of aromatic nitrogens is 4. The number of nitrogens with zero attached hydrogens (tertiary/aromatic N) is 5. The molecule has 7 nitrogen and oxygen atoms in total. The molecule has 0 spiro atoms. The normalized spacial score (nSPS) is 11.2. The van der Waals surface area contributed by atoms with Gasteiger partial charge in [0.25, 0.3) is 5.95 Å². The quantitative estimate of drug-likeness (QED) is 0.799. The summed E-state index contributed by atoms with van der Waals surface area (Å²) in [5, 5.41) is 23.8. The molecule has 2 rings (SSSR count). The summed E-state index contributed by atoms with van der Waals surface area (Å²) in [6.07, 6.45) is 1.41. The lowest BCUT2D eigenvalue weighted by atomic mass is 10.2. The van der Waals surface area contributed by atoms with Crippen molar-refractivity contribution in [3.05, 3.63) is 27.7 Å². The van der Waals surface area contributed by atoms with Gasteiger partial charge in [-0.2, -0.15) is 5.10 Å². The summed E-state index contributed by atoms with van der Waals surface area (Å²) in [6.45, 7) is 0. The van der Waals surface area contributed by atoms with Crippen LogP contribution >= 0.6 is 23.2 Å². The van der Waals surface area contributed by atoms with Crippen LogP contribution in [0.5, 0.6) is 5.75 Å². The number of aromatic hydroxyl groups is 1. The summed E-state index contributed by atoms with van der Waals surface area (Å²) in [5.74, 6) is -0.121. The molecular formula is C8H6Cl2N6O.